The van der Waals surface area contributed by atoms with Gasteiger partial charge < -0.3 is 23.4 Å². The first-order valence-electron chi connectivity index (χ1n) is 10.3. The second-order valence-corrected chi connectivity index (χ2v) is 7.48. The van der Waals surface area contributed by atoms with Gasteiger partial charge in [0.05, 0.1) is 19.6 Å². The van der Waals surface area contributed by atoms with E-state index in [0.717, 1.165) is 47.3 Å². The summed E-state index contributed by atoms with van der Waals surface area (Å²) in [6, 6.07) is 11.8. The molecule has 0 saturated carbocycles. The molecule has 2 aromatic carbocycles. The summed E-state index contributed by atoms with van der Waals surface area (Å²) >= 11 is 0. The monoisotopic (exact) mass is 410 g/mol. The van der Waals surface area contributed by atoms with E-state index in [4.69, 9.17) is 23.4 Å². The van der Waals surface area contributed by atoms with Gasteiger partial charge in [-0.25, -0.2) is 0 Å². The van der Waals surface area contributed by atoms with Crippen LogP contribution in [0.15, 0.2) is 40.8 Å². The van der Waals surface area contributed by atoms with E-state index in [-0.39, 0.29) is 18.7 Å². The molecule has 6 nitrogen and oxygen atoms in total. The largest absolute Gasteiger partial charge is 0.493 e. The molecule has 0 aliphatic carbocycles. The molecular formula is C24H26O6. The van der Waals surface area contributed by atoms with Gasteiger partial charge >= 0.3 is 5.97 Å². The van der Waals surface area contributed by atoms with Crippen molar-refractivity contribution in [2.24, 2.45) is 5.92 Å². The standard InChI is InChI=1S/C24H26O6/c1-4-15(2)24(25)27-9-5-6-16-10-18-13-20(30-23(18)22(11-16)26-3)17-7-8-19-21(12-17)29-14-28-19/h7-8,10-13,15H,4-6,9,14H2,1-3H3/t15-/m1/s1. The first-order valence-corrected chi connectivity index (χ1v) is 10.3. The lowest BCUT2D eigenvalue weighted by Crippen LogP contribution is -2.14. The molecule has 0 unspecified atom stereocenters. The van der Waals surface area contributed by atoms with Crippen LogP contribution in [0, 0.1) is 5.92 Å². The van der Waals surface area contributed by atoms with Crippen molar-refractivity contribution in [1.82, 2.24) is 0 Å². The zero-order chi connectivity index (χ0) is 21.1. The lowest BCUT2D eigenvalue weighted by atomic mass is 10.1. The van der Waals surface area contributed by atoms with Gasteiger partial charge in [0, 0.05) is 10.9 Å². The van der Waals surface area contributed by atoms with E-state index in [1.54, 1.807) is 7.11 Å². The van der Waals surface area contributed by atoms with Crippen LogP contribution in [0.2, 0.25) is 0 Å². The Balaban J connectivity index is 1.50. The second-order valence-electron chi connectivity index (χ2n) is 7.48. The minimum Gasteiger partial charge on any atom is -0.493 e. The van der Waals surface area contributed by atoms with Crippen molar-refractivity contribution in [1.29, 1.82) is 0 Å². The van der Waals surface area contributed by atoms with Crippen LogP contribution in [0.1, 0.15) is 32.3 Å². The summed E-state index contributed by atoms with van der Waals surface area (Å²) in [5.74, 6) is 2.69. The van der Waals surface area contributed by atoms with E-state index in [1.807, 2.05) is 44.2 Å². The maximum atomic E-state index is 11.8. The van der Waals surface area contributed by atoms with Crippen LogP contribution in [-0.2, 0) is 16.0 Å². The summed E-state index contributed by atoms with van der Waals surface area (Å²) in [6.07, 6.45) is 2.33. The van der Waals surface area contributed by atoms with E-state index >= 15 is 0 Å². The minimum absolute atomic E-state index is 0.0537. The van der Waals surface area contributed by atoms with Crippen LogP contribution in [0.4, 0.5) is 0 Å². The molecule has 158 valence electrons. The lowest BCUT2D eigenvalue weighted by molar-refractivity contribution is -0.148. The van der Waals surface area contributed by atoms with Crippen LogP contribution < -0.4 is 14.2 Å². The summed E-state index contributed by atoms with van der Waals surface area (Å²) < 4.78 is 27.8. The molecule has 1 aromatic heterocycles. The number of carbonyl (C=O) groups is 1. The smallest absolute Gasteiger partial charge is 0.308 e. The molecule has 0 bridgehead atoms. The van der Waals surface area contributed by atoms with Crippen molar-refractivity contribution < 1.29 is 28.2 Å². The van der Waals surface area contributed by atoms with Crippen LogP contribution >= 0.6 is 0 Å². The summed E-state index contributed by atoms with van der Waals surface area (Å²) in [4.78, 5) is 11.8. The summed E-state index contributed by atoms with van der Waals surface area (Å²) in [5.41, 5.74) is 2.73. The fourth-order valence-corrected chi connectivity index (χ4v) is 3.43. The SMILES string of the molecule is CC[C@@H](C)C(=O)OCCCc1cc(OC)c2oc(-c3ccc4c(c3)OCO4)cc2c1. The number of ether oxygens (including phenoxy) is 4. The molecule has 0 radical (unpaired) electrons. The highest BCUT2D eigenvalue weighted by Crippen LogP contribution is 2.39. The van der Waals surface area contributed by atoms with Gasteiger partial charge in [-0.3, -0.25) is 4.79 Å². The molecule has 0 spiro atoms. The van der Waals surface area contributed by atoms with Crippen molar-refractivity contribution in [2.45, 2.75) is 33.1 Å². The molecule has 3 aromatic rings. The Kier molecular flexibility index (Phi) is 5.84. The van der Waals surface area contributed by atoms with Crippen LogP contribution in [0.3, 0.4) is 0 Å². The maximum Gasteiger partial charge on any atom is 0.308 e. The van der Waals surface area contributed by atoms with E-state index in [0.29, 0.717) is 23.7 Å². The topological polar surface area (TPSA) is 67.1 Å². The molecule has 4 rings (SSSR count). The van der Waals surface area contributed by atoms with E-state index in [1.165, 1.54) is 0 Å². The zero-order valence-electron chi connectivity index (χ0n) is 17.5. The molecule has 0 N–H and O–H groups in total. The van der Waals surface area contributed by atoms with Gasteiger partial charge in [-0.05, 0) is 61.2 Å². The highest BCUT2D eigenvalue weighted by Gasteiger charge is 2.17. The summed E-state index contributed by atoms with van der Waals surface area (Å²) in [7, 11) is 1.63. The number of aryl methyl sites for hydroxylation is 1. The molecule has 0 fully saturated rings. The van der Waals surface area contributed by atoms with Crippen molar-refractivity contribution in [3.63, 3.8) is 0 Å². The number of carbonyl (C=O) groups excluding carboxylic acids is 1. The van der Waals surface area contributed by atoms with E-state index in [2.05, 4.69) is 6.07 Å². The van der Waals surface area contributed by atoms with Gasteiger partial charge in [0.2, 0.25) is 6.79 Å². The maximum absolute atomic E-state index is 11.8. The number of benzene rings is 2. The van der Waals surface area contributed by atoms with Crippen LogP contribution in [-0.4, -0.2) is 26.5 Å². The van der Waals surface area contributed by atoms with Gasteiger partial charge in [-0.1, -0.05) is 13.8 Å². The number of hydrogen-bond acceptors (Lipinski definition) is 6. The molecule has 0 saturated heterocycles. The van der Waals surface area contributed by atoms with Crippen molar-refractivity contribution in [2.75, 3.05) is 20.5 Å². The van der Waals surface area contributed by atoms with Crippen molar-refractivity contribution in [3.05, 3.63) is 42.0 Å². The Morgan fingerprint density at radius 3 is 2.77 bits per heavy atom. The predicted octanol–water partition coefficient (Wildman–Crippen LogP) is 5.36. The molecule has 0 amide bonds. The molecule has 30 heavy (non-hydrogen) atoms. The van der Waals surface area contributed by atoms with Crippen LogP contribution in [0.25, 0.3) is 22.3 Å². The normalized spacial score (nSPS) is 13.4. The highest BCUT2D eigenvalue weighted by atomic mass is 16.7. The molecule has 1 aliphatic heterocycles. The zero-order valence-corrected chi connectivity index (χ0v) is 17.5. The lowest BCUT2D eigenvalue weighted by Gasteiger charge is -2.09. The third-order valence-electron chi connectivity index (χ3n) is 5.39. The third kappa shape index (κ3) is 4.08. The Labute approximate surface area is 175 Å². The first-order chi connectivity index (χ1) is 14.6. The summed E-state index contributed by atoms with van der Waals surface area (Å²) in [5, 5.41) is 0.966. The fourth-order valence-electron chi connectivity index (χ4n) is 3.43. The molecular weight excluding hydrogens is 384 g/mol. The Morgan fingerprint density at radius 1 is 1.13 bits per heavy atom. The average molecular weight is 410 g/mol. The second kappa shape index (κ2) is 8.69. The number of fused-ring (bicyclic) bond motifs is 2. The fraction of sp³-hybridized carbons (Fsp3) is 0.375. The van der Waals surface area contributed by atoms with Gasteiger partial charge in [-0.15, -0.1) is 0 Å². The summed E-state index contributed by atoms with van der Waals surface area (Å²) in [6.45, 7) is 4.52. The van der Waals surface area contributed by atoms with Crippen molar-refractivity contribution in [3.8, 4) is 28.6 Å². The van der Waals surface area contributed by atoms with Crippen molar-refractivity contribution >= 4 is 16.9 Å². The van der Waals surface area contributed by atoms with Gasteiger partial charge in [-0.2, -0.15) is 0 Å². The number of esters is 1. The Bertz CT molecular complexity index is 1050. The van der Waals surface area contributed by atoms with E-state index < -0.39 is 0 Å². The van der Waals surface area contributed by atoms with Gasteiger partial charge in [0.1, 0.15) is 5.76 Å². The Hall–Kier alpha value is -3.15. The first kappa shape index (κ1) is 20.1. The predicted molar refractivity (Wildman–Crippen MR) is 113 cm³/mol. The minimum atomic E-state index is -0.131. The quantitative estimate of drug-likeness (QED) is 0.368. The number of furan rings is 1. The third-order valence-corrected chi connectivity index (χ3v) is 5.39. The molecule has 2 heterocycles. The van der Waals surface area contributed by atoms with Gasteiger partial charge in [0.15, 0.2) is 22.8 Å². The Morgan fingerprint density at radius 2 is 1.97 bits per heavy atom. The van der Waals surface area contributed by atoms with Gasteiger partial charge in [0.25, 0.3) is 0 Å². The van der Waals surface area contributed by atoms with Crippen LogP contribution in [0.5, 0.6) is 17.2 Å². The van der Waals surface area contributed by atoms with E-state index in [9.17, 15) is 4.79 Å². The molecule has 1 aliphatic rings. The average Bonchev–Trinajstić information content (AvgIpc) is 3.41. The number of methoxy groups -OCH3 is 1. The number of hydrogen-bond donors (Lipinski definition) is 0. The molecule has 6 heteroatoms. The highest BCUT2D eigenvalue weighted by molar-refractivity contribution is 5.88. The number of rotatable bonds is 8. The molecule has 1 atom stereocenters.